The van der Waals surface area contributed by atoms with Gasteiger partial charge in [-0.3, -0.25) is 9.78 Å². The first-order valence-electron chi connectivity index (χ1n) is 6.09. The molecular weight excluding hydrogens is 258 g/mol. The van der Waals surface area contributed by atoms with E-state index in [-0.39, 0.29) is 19.1 Å². The number of rotatable bonds is 5. The highest BCUT2D eigenvalue weighted by atomic mass is 16.5. The summed E-state index contributed by atoms with van der Waals surface area (Å²) in [5.74, 6) is 0.258. The lowest BCUT2D eigenvalue weighted by Crippen LogP contribution is -2.26. The number of ether oxygens (including phenoxy) is 1. The van der Waals surface area contributed by atoms with Crippen LogP contribution in [0, 0.1) is 0 Å². The highest BCUT2D eigenvalue weighted by Gasteiger charge is 2.07. The van der Waals surface area contributed by atoms with Crippen molar-refractivity contribution in [1.29, 1.82) is 0 Å². The Morgan fingerprint density at radius 3 is 2.80 bits per heavy atom. The fourth-order valence-corrected chi connectivity index (χ4v) is 1.67. The summed E-state index contributed by atoms with van der Waals surface area (Å²) >= 11 is 0. The SMILES string of the molecule is COc1ccc(-c2cncc(C(=O)NCCO)c2)cn1. The Bertz CT molecular complexity index is 584. The molecule has 0 bridgehead atoms. The zero-order valence-corrected chi connectivity index (χ0v) is 11.0. The number of pyridine rings is 2. The molecule has 0 radical (unpaired) electrons. The molecule has 0 unspecified atom stereocenters. The van der Waals surface area contributed by atoms with E-state index in [1.807, 2.05) is 6.07 Å². The lowest BCUT2D eigenvalue weighted by atomic mass is 10.1. The molecule has 6 heteroatoms. The minimum atomic E-state index is -0.269. The summed E-state index contributed by atoms with van der Waals surface area (Å²) in [7, 11) is 1.55. The van der Waals surface area contributed by atoms with Gasteiger partial charge in [-0.25, -0.2) is 4.98 Å². The lowest BCUT2D eigenvalue weighted by molar-refractivity contribution is 0.0944. The first-order valence-corrected chi connectivity index (χ1v) is 6.09. The van der Waals surface area contributed by atoms with E-state index in [0.29, 0.717) is 11.4 Å². The van der Waals surface area contributed by atoms with E-state index in [9.17, 15) is 4.79 Å². The second-order valence-electron chi connectivity index (χ2n) is 4.03. The molecular formula is C14H15N3O3. The molecule has 0 aliphatic heterocycles. The van der Waals surface area contributed by atoms with E-state index in [2.05, 4.69) is 15.3 Å². The van der Waals surface area contributed by atoms with Crippen molar-refractivity contribution in [1.82, 2.24) is 15.3 Å². The summed E-state index contributed by atoms with van der Waals surface area (Å²) < 4.78 is 5.00. The standard InChI is InChI=1S/C14H15N3O3/c1-20-13-3-2-10(9-17-13)11-6-12(8-15-7-11)14(19)16-4-5-18/h2-3,6-9,18H,4-5H2,1H3,(H,16,19). The van der Waals surface area contributed by atoms with Crippen molar-refractivity contribution in [2.45, 2.75) is 0 Å². The van der Waals surface area contributed by atoms with Gasteiger partial charge >= 0.3 is 0 Å². The minimum absolute atomic E-state index is 0.0960. The molecule has 1 amide bonds. The fourth-order valence-electron chi connectivity index (χ4n) is 1.67. The van der Waals surface area contributed by atoms with Gasteiger partial charge in [0, 0.05) is 42.3 Å². The molecule has 104 valence electrons. The highest BCUT2D eigenvalue weighted by Crippen LogP contribution is 2.20. The third kappa shape index (κ3) is 3.30. The van der Waals surface area contributed by atoms with Crippen LogP contribution in [0.25, 0.3) is 11.1 Å². The highest BCUT2D eigenvalue weighted by molar-refractivity contribution is 5.95. The van der Waals surface area contributed by atoms with Crippen molar-refractivity contribution in [3.8, 4) is 17.0 Å². The second-order valence-corrected chi connectivity index (χ2v) is 4.03. The van der Waals surface area contributed by atoms with Crippen LogP contribution >= 0.6 is 0 Å². The van der Waals surface area contributed by atoms with Crippen molar-refractivity contribution in [3.05, 3.63) is 42.4 Å². The van der Waals surface area contributed by atoms with Gasteiger partial charge in [0.25, 0.3) is 5.91 Å². The molecule has 0 fully saturated rings. The maximum Gasteiger partial charge on any atom is 0.252 e. The largest absolute Gasteiger partial charge is 0.481 e. The number of hydrogen-bond donors (Lipinski definition) is 2. The van der Waals surface area contributed by atoms with Crippen molar-refractivity contribution < 1.29 is 14.6 Å². The second kappa shape index (κ2) is 6.63. The Morgan fingerprint density at radius 2 is 2.15 bits per heavy atom. The smallest absolute Gasteiger partial charge is 0.252 e. The first-order chi connectivity index (χ1) is 9.74. The van der Waals surface area contributed by atoms with Gasteiger partial charge in [0.15, 0.2) is 0 Å². The van der Waals surface area contributed by atoms with Gasteiger partial charge in [0.2, 0.25) is 5.88 Å². The number of methoxy groups -OCH3 is 1. The number of carbonyl (C=O) groups is 1. The number of hydrogen-bond acceptors (Lipinski definition) is 5. The lowest BCUT2D eigenvalue weighted by Gasteiger charge is -2.06. The van der Waals surface area contributed by atoms with Crippen LogP contribution < -0.4 is 10.1 Å². The number of aromatic nitrogens is 2. The third-order valence-corrected chi connectivity index (χ3v) is 2.68. The predicted octanol–water partition coefficient (Wildman–Crippen LogP) is 0.874. The summed E-state index contributed by atoms with van der Waals surface area (Å²) in [6.07, 6.45) is 4.80. The van der Waals surface area contributed by atoms with Crippen molar-refractivity contribution in [2.75, 3.05) is 20.3 Å². The van der Waals surface area contributed by atoms with Gasteiger partial charge in [-0.15, -0.1) is 0 Å². The molecule has 0 aliphatic carbocycles. The van der Waals surface area contributed by atoms with Gasteiger partial charge in [-0.2, -0.15) is 0 Å². The summed E-state index contributed by atoms with van der Waals surface area (Å²) in [6.45, 7) is 0.119. The predicted molar refractivity (Wildman–Crippen MR) is 73.4 cm³/mol. The molecule has 6 nitrogen and oxygen atoms in total. The number of aliphatic hydroxyl groups is 1. The normalized spacial score (nSPS) is 10.1. The minimum Gasteiger partial charge on any atom is -0.481 e. The van der Waals surface area contributed by atoms with Gasteiger partial charge < -0.3 is 15.2 Å². The number of carbonyl (C=O) groups excluding carboxylic acids is 1. The van der Waals surface area contributed by atoms with Crippen LogP contribution in [-0.4, -0.2) is 41.2 Å². The van der Waals surface area contributed by atoms with E-state index in [1.54, 1.807) is 31.6 Å². The Labute approximate surface area is 116 Å². The van der Waals surface area contributed by atoms with Gasteiger partial charge in [-0.1, -0.05) is 0 Å². The molecule has 2 aromatic heterocycles. The van der Waals surface area contributed by atoms with E-state index in [0.717, 1.165) is 11.1 Å². The van der Waals surface area contributed by atoms with E-state index in [4.69, 9.17) is 9.84 Å². The zero-order chi connectivity index (χ0) is 14.4. The van der Waals surface area contributed by atoms with Crippen molar-refractivity contribution >= 4 is 5.91 Å². The fraction of sp³-hybridized carbons (Fsp3) is 0.214. The quantitative estimate of drug-likeness (QED) is 0.844. The van der Waals surface area contributed by atoms with Crippen molar-refractivity contribution in [2.24, 2.45) is 0 Å². The summed E-state index contributed by atoms with van der Waals surface area (Å²) in [6, 6.07) is 5.31. The third-order valence-electron chi connectivity index (χ3n) is 2.68. The van der Waals surface area contributed by atoms with Gasteiger partial charge in [0.05, 0.1) is 19.3 Å². The van der Waals surface area contributed by atoms with Crippen LogP contribution in [0.2, 0.25) is 0 Å². The summed E-state index contributed by atoms with van der Waals surface area (Å²) in [5.41, 5.74) is 2.07. The maximum atomic E-state index is 11.8. The zero-order valence-electron chi connectivity index (χ0n) is 11.0. The molecule has 0 saturated heterocycles. The molecule has 0 saturated carbocycles. The van der Waals surface area contributed by atoms with Crippen LogP contribution in [0.1, 0.15) is 10.4 Å². The molecule has 2 aromatic rings. The van der Waals surface area contributed by atoms with Gasteiger partial charge in [0.1, 0.15) is 0 Å². The van der Waals surface area contributed by atoms with Gasteiger partial charge in [-0.05, 0) is 12.1 Å². The Hall–Kier alpha value is -2.47. The Kier molecular flexibility index (Phi) is 4.62. The summed E-state index contributed by atoms with van der Waals surface area (Å²) in [4.78, 5) is 20.0. The Balaban J connectivity index is 2.22. The van der Waals surface area contributed by atoms with Crippen LogP contribution in [0.4, 0.5) is 0 Å². The molecule has 0 aromatic carbocycles. The van der Waals surface area contributed by atoms with E-state index < -0.39 is 0 Å². The van der Waals surface area contributed by atoms with E-state index in [1.165, 1.54) is 6.20 Å². The van der Waals surface area contributed by atoms with E-state index >= 15 is 0 Å². The van der Waals surface area contributed by atoms with Crippen LogP contribution in [-0.2, 0) is 0 Å². The summed E-state index contributed by atoms with van der Waals surface area (Å²) in [5, 5.41) is 11.3. The molecule has 2 heterocycles. The molecule has 0 atom stereocenters. The molecule has 0 spiro atoms. The van der Waals surface area contributed by atoms with Crippen molar-refractivity contribution in [3.63, 3.8) is 0 Å². The Morgan fingerprint density at radius 1 is 1.30 bits per heavy atom. The maximum absolute atomic E-state index is 11.8. The van der Waals surface area contributed by atoms with Crippen LogP contribution in [0.15, 0.2) is 36.8 Å². The number of nitrogens with zero attached hydrogens (tertiary/aromatic N) is 2. The monoisotopic (exact) mass is 273 g/mol. The molecule has 20 heavy (non-hydrogen) atoms. The van der Waals surface area contributed by atoms with Crippen LogP contribution in [0.3, 0.4) is 0 Å². The number of aliphatic hydroxyl groups excluding tert-OH is 1. The number of amides is 1. The molecule has 0 aliphatic rings. The number of nitrogens with one attached hydrogen (secondary N) is 1. The average molecular weight is 273 g/mol. The average Bonchev–Trinajstić information content (AvgIpc) is 2.52. The molecule has 2 rings (SSSR count). The van der Waals surface area contributed by atoms with Crippen LogP contribution in [0.5, 0.6) is 5.88 Å². The topological polar surface area (TPSA) is 84.3 Å². The molecule has 2 N–H and O–H groups in total. The first kappa shape index (κ1) is 14.0.